The molecule has 1 aliphatic rings. The fraction of sp³-hybridized carbons (Fsp3) is 0.0588. The maximum atomic E-state index is 2.36. The molecule has 0 heteroatoms. The van der Waals surface area contributed by atoms with E-state index >= 15 is 0 Å². The molecule has 0 saturated heterocycles. The summed E-state index contributed by atoms with van der Waals surface area (Å²) in [7, 11) is 0. The number of rotatable bonds is 7. The van der Waals surface area contributed by atoms with Crippen molar-refractivity contribution >= 4 is 28.5 Å². The third-order valence-corrected chi connectivity index (χ3v) is 6.21. The van der Waals surface area contributed by atoms with Crippen LogP contribution in [0.25, 0.3) is 28.5 Å². The van der Waals surface area contributed by atoms with Crippen molar-refractivity contribution in [2.45, 2.75) is 12.3 Å². The van der Waals surface area contributed by atoms with Crippen LogP contribution in [0.2, 0.25) is 0 Å². The normalized spacial score (nSPS) is 16.8. The Morgan fingerprint density at radius 1 is 0.588 bits per heavy atom. The van der Waals surface area contributed by atoms with Gasteiger partial charge in [-0.1, -0.05) is 152 Å². The van der Waals surface area contributed by atoms with Crippen LogP contribution >= 0.6 is 0 Å². The zero-order valence-corrected chi connectivity index (χ0v) is 19.2. The lowest BCUT2D eigenvalue weighted by molar-refractivity contribution is 1.14. The Morgan fingerprint density at radius 2 is 1.29 bits per heavy atom. The van der Waals surface area contributed by atoms with Crippen LogP contribution in [-0.4, -0.2) is 0 Å². The molecule has 0 aromatic heterocycles. The molecule has 0 aliphatic heterocycles. The summed E-state index contributed by atoms with van der Waals surface area (Å²) in [5.74, 6) is 0.272. The van der Waals surface area contributed by atoms with E-state index in [4.69, 9.17) is 0 Å². The van der Waals surface area contributed by atoms with Crippen molar-refractivity contribution in [3.63, 3.8) is 0 Å². The van der Waals surface area contributed by atoms with Crippen LogP contribution in [0.3, 0.4) is 0 Å². The van der Waals surface area contributed by atoms with Gasteiger partial charge < -0.3 is 0 Å². The van der Waals surface area contributed by atoms with Crippen molar-refractivity contribution in [2.75, 3.05) is 0 Å². The highest BCUT2D eigenvalue weighted by Crippen LogP contribution is 2.46. The van der Waals surface area contributed by atoms with Gasteiger partial charge >= 0.3 is 0 Å². The van der Waals surface area contributed by atoms with Crippen molar-refractivity contribution in [1.29, 1.82) is 0 Å². The highest BCUT2D eigenvalue weighted by atomic mass is 14.3. The number of benzene rings is 4. The molecule has 0 saturated carbocycles. The Kier molecular flexibility index (Phi) is 6.78. The predicted molar refractivity (Wildman–Crippen MR) is 149 cm³/mol. The summed E-state index contributed by atoms with van der Waals surface area (Å²) < 4.78 is 0. The lowest BCUT2D eigenvalue weighted by atomic mass is 9.94. The van der Waals surface area contributed by atoms with E-state index in [-0.39, 0.29) is 5.92 Å². The lowest BCUT2D eigenvalue weighted by Gasteiger charge is -2.09. The molecule has 0 spiro atoms. The van der Waals surface area contributed by atoms with Gasteiger partial charge in [-0.15, -0.1) is 0 Å². The molecule has 0 bridgehead atoms. The summed E-state index contributed by atoms with van der Waals surface area (Å²) in [5.41, 5.74) is 6.56. The van der Waals surface area contributed by atoms with Crippen LogP contribution in [0.5, 0.6) is 0 Å². The Bertz CT molecular complexity index is 1390. The van der Waals surface area contributed by atoms with E-state index in [1.54, 1.807) is 0 Å². The third kappa shape index (κ3) is 4.92. The van der Waals surface area contributed by atoms with Gasteiger partial charge in [0.15, 0.2) is 0 Å². The minimum Gasteiger partial charge on any atom is -0.0838 e. The van der Waals surface area contributed by atoms with Gasteiger partial charge in [-0.05, 0) is 45.0 Å². The van der Waals surface area contributed by atoms with Crippen LogP contribution < -0.4 is 0 Å². The first-order valence-electron chi connectivity index (χ1n) is 11.9. The number of hydrogen-bond acceptors (Lipinski definition) is 0. The fourth-order valence-corrected chi connectivity index (χ4v) is 4.62. The zero-order chi connectivity index (χ0) is 23.0. The zero-order valence-electron chi connectivity index (χ0n) is 19.2. The van der Waals surface area contributed by atoms with Crippen LogP contribution in [0.4, 0.5) is 0 Å². The van der Waals surface area contributed by atoms with Crippen LogP contribution in [0.15, 0.2) is 140 Å². The predicted octanol–water partition coefficient (Wildman–Crippen LogP) is 9.25. The molecule has 1 atom stereocenters. The molecule has 0 nitrogen and oxygen atoms in total. The van der Waals surface area contributed by atoms with Crippen molar-refractivity contribution in [2.24, 2.45) is 0 Å². The smallest absolute Gasteiger partial charge is 0.0282 e. The van der Waals surface area contributed by atoms with Gasteiger partial charge in [-0.2, -0.15) is 0 Å². The standard InChI is InChI=1S/C34H28/c1-5-15-27(16-6-1)19-9-3-11-23-30-31(24-12-4-10-20-28-17-7-2-8-18-28)33-26-14-22-29-21-13-25-32(30)34(29)33/h1-3,5-26,31H,4H2/b11-3+,19-9+,20-10+,24-12-,30-23+. The maximum Gasteiger partial charge on any atom is 0.0282 e. The SMILES string of the molecule is C(=C/C1\C(=C/C=C/C=C/c2ccccc2)c2cccc3cccc1c23)/C/C=C/c1ccccc1. The molecular weight excluding hydrogens is 408 g/mol. The van der Waals surface area contributed by atoms with E-state index in [0.717, 1.165) is 6.42 Å². The minimum absolute atomic E-state index is 0.272. The quantitative estimate of drug-likeness (QED) is 0.200. The van der Waals surface area contributed by atoms with E-state index in [2.05, 4.69) is 146 Å². The summed E-state index contributed by atoms with van der Waals surface area (Å²) in [6, 6.07) is 34.2. The third-order valence-electron chi connectivity index (χ3n) is 6.21. The Morgan fingerprint density at radius 3 is 2.06 bits per heavy atom. The maximum absolute atomic E-state index is 2.36. The van der Waals surface area contributed by atoms with Gasteiger partial charge in [-0.3, -0.25) is 0 Å². The van der Waals surface area contributed by atoms with E-state index in [9.17, 15) is 0 Å². The average Bonchev–Trinajstić information content (AvgIpc) is 3.19. The topological polar surface area (TPSA) is 0 Å². The molecule has 4 aromatic carbocycles. The summed E-state index contributed by atoms with van der Waals surface area (Å²) in [4.78, 5) is 0. The summed E-state index contributed by atoms with van der Waals surface area (Å²) in [6.45, 7) is 0. The second-order valence-corrected chi connectivity index (χ2v) is 8.48. The fourth-order valence-electron chi connectivity index (χ4n) is 4.62. The highest BCUT2D eigenvalue weighted by molar-refractivity contribution is 6.04. The first-order chi connectivity index (χ1) is 16.9. The largest absolute Gasteiger partial charge is 0.0838 e. The van der Waals surface area contributed by atoms with Gasteiger partial charge in [0.2, 0.25) is 0 Å². The Hall–Kier alpha value is -4.16. The molecule has 5 rings (SSSR count). The van der Waals surface area contributed by atoms with Gasteiger partial charge in [0.25, 0.3) is 0 Å². The first kappa shape index (κ1) is 21.7. The molecule has 1 aliphatic carbocycles. The molecule has 0 N–H and O–H groups in total. The summed E-state index contributed by atoms with van der Waals surface area (Å²) >= 11 is 0. The number of allylic oxidation sites excluding steroid dienone is 8. The van der Waals surface area contributed by atoms with Gasteiger partial charge in [0, 0.05) is 5.92 Å². The molecule has 0 radical (unpaired) electrons. The minimum atomic E-state index is 0.272. The van der Waals surface area contributed by atoms with Crippen LogP contribution in [0, 0.1) is 0 Å². The van der Waals surface area contributed by atoms with Gasteiger partial charge in [-0.25, -0.2) is 0 Å². The van der Waals surface area contributed by atoms with Crippen LogP contribution in [-0.2, 0) is 0 Å². The summed E-state index contributed by atoms with van der Waals surface area (Å²) in [6.07, 6.45) is 20.8. The van der Waals surface area contributed by atoms with E-state index in [0.29, 0.717) is 0 Å². The average molecular weight is 437 g/mol. The second kappa shape index (κ2) is 10.6. The van der Waals surface area contributed by atoms with E-state index in [1.165, 1.54) is 38.6 Å². The van der Waals surface area contributed by atoms with Gasteiger partial charge in [0.1, 0.15) is 0 Å². The first-order valence-corrected chi connectivity index (χ1v) is 11.9. The van der Waals surface area contributed by atoms with E-state index in [1.807, 2.05) is 6.07 Å². The molecule has 0 heterocycles. The molecule has 1 unspecified atom stereocenters. The molecule has 164 valence electrons. The summed E-state index contributed by atoms with van der Waals surface area (Å²) in [5, 5.41) is 2.70. The molecular formula is C34H28. The Balaban J connectivity index is 1.38. The molecule has 0 fully saturated rings. The lowest BCUT2D eigenvalue weighted by Crippen LogP contribution is -1.91. The van der Waals surface area contributed by atoms with E-state index < -0.39 is 0 Å². The van der Waals surface area contributed by atoms with Crippen molar-refractivity contribution in [3.05, 3.63) is 162 Å². The van der Waals surface area contributed by atoms with Crippen molar-refractivity contribution in [3.8, 4) is 0 Å². The monoisotopic (exact) mass is 436 g/mol. The second-order valence-electron chi connectivity index (χ2n) is 8.48. The Labute approximate surface area is 202 Å². The number of hydrogen-bond donors (Lipinski definition) is 0. The van der Waals surface area contributed by atoms with Crippen molar-refractivity contribution < 1.29 is 0 Å². The molecule has 0 amide bonds. The molecule has 4 aromatic rings. The van der Waals surface area contributed by atoms with Crippen LogP contribution in [0.1, 0.15) is 34.6 Å². The molecule has 34 heavy (non-hydrogen) atoms. The highest BCUT2D eigenvalue weighted by Gasteiger charge is 2.26. The van der Waals surface area contributed by atoms with Crippen molar-refractivity contribution in [1.82, 2.24) is 0 Å². The van der Waals surface area contributed by atoms with Gasteiger partial charge in [0.05, 0.1) is 0 Å².